The van der Waals surface area contributed by atoms with E-state index in [1.807, 2.05) is 12.3 Å². The second kappa shape index (κ2) is 5.68. The van der Waals surface area contributed by atoms with Crippen molar-refractivity contribution in [2.45, 2.75) is 6.54 Å². The SMILES string of the molecule is CN(C)CCN(C)c1ccncc1CN. The average molecular weight is 208 g/mol. The molecule has 0 aliphatic carbocycles. The second-order valence-corrected chi connectivity index (χ2v) is 3.93. The van der Waals surface area contributed by atoms with E-state index in [0.29, 0.717) is 6.54 Å². The van der Waals surface area contributed by atoms with Gasteiger partial charge in [-0.15, -0.1) is 0 Å². The molecule has 0 unspecified atom stereocenters. The molecule has 4 nitrogen and oxygen atoms in total. The Morgan fingerprint density at radius 3 is 2.60 bits per heavy atom. The molecule has 0 amide bonds. The van der Waals surface area contributed by atoms with Crippen LogP contribution in [0.5, 0.6) is 0 Å². The molecule has 2 N–H and O–H groups in total. The van der Waals surface area contributed by atoms with Gasteiger partial charge in [-0.05, 0) is 20.2 Å². The number of likely N-dealkylation sites (N-methyl/N-ethyl adjacent to an activating group) is 2. The topological polar surface area (TPSA) is 45.4 Å². The molecule has 0 saturated heterocycles. The van der Waals surface area contributed by atoms with Crippen LogP contribution in [0.4, 0.5) is 5.69 Å². The summed E-state index contributed by atoms with van der Waals surface area (Å²) in [5.74, 6) is 0. The molecule has 15 heavy (non-hydrogen) atoms. The van der Waals surface area contributed by atoms with Gasteiger partial charge in [0.2, 0.25) is 0 Å². The largest absolute Gasteiger partial charge is 0.373 e. The van der Waals surface area contributed by atoms with Crippen LogP contribution in [0.1, 0.15) is 5.56 Å². The van der Waals surface area contributed by atoms with Gasteiger partial charge in [0.15, 0.2) is 0 Å². The molecule has 0 atom stereocenters. The molecule has 84 valence electrons. The fraction of sp³-hybridized carbons (Fsp3) is 0.545. The summed E-state index contributed by atoms with van der Waals surface area (Å²) in [4.78, 5) is 8.46. The molecule has 0 radical (unpaired) electrons. The van der Waals surface area contributed by atoms with Gasteiger partial charge in [0.25, 0.3) is 0 Å². The van der Waals surface area contributed by atoms with Crippen LogP contribution < -0.4 is 10.6 Å². The Labute approximate surface area is 91.7 Å². The van der Waals surface area contributed by atoms with Gasteiger partial charge in [-0.3, -0.25) is 4.98 Å². The first kappa shape index (κ1) is 11.9. The molecule has 0 aromatic carbocycles. The second-order valence-electron chi connectivity index (χ2n) is 3.93. The number of hydrogen-bond donors (Lipinski definition) is 1. The maximum atomic E-state index is 5.67. The summed E-state index contributed by atoms with van der Waals surface area (Å²) in [6, 6.07) is 2.01. The molecule has 1 aromatic heterocycles. The molecular weight excluding hydrogens is 188 g/mol. The molecular formula is C11H20N4. The van der Waals surface area contributed by atoms with E-state index < -0.39 is 0 Å². The van der Waals surface area contributed by atoms with Crippen molar-refractivity contribution in [2.24, 2.45) is 5.73 Å². The van der Waals surface area contributed by atoms with Crippen LogP contribution in [-0.2, 0) is 6.54 Å². The highest BCUT2D eigenvalue weighted by atomic mass is 15.2. The smallest absolute Gasteiger partial charge is 0.0440 e. The molecule has 0 saturated carbocycles. The van der Waals surface area contributed by atoms with Crippen molar-refractivity contribution in [1.82, 2.24) is 9.88 Å². The lowest BCUT2D eigenvalue weighted by Crippen LogP contribution is -2.29. The monoisotopic (exact) mass is 208 g/mol. The highest BCUT2D eigenvalue weighted by Crippen LogP contribution is 2.16. The van der Waals surface area contributed by atoms with E-state index in [4.69, 9.17) is 5.73 Å². The first-order chi connectivity index (χ1) is 7.15. The zero-order valence-electron chi connectivity index (χ0n) is 9.77. The lowest BCUT2D eigenvalue weighted by Gasteiger charge is -2.23. The van der Waals surface area contributed by atoms with E-state index in [1.165, 1.54) is 5.69 Å². The van der Waals surface area contributed by atoms with Crippen molar-refractivity contribution < 1.29 is 0 Å². The van der Waals surface area contributed by atoms with Gasteiger partial charge in [0.1, 0.15) is 0 Å². The normalized spacial score (nSPS) is 10.7. The predicted octanol–water partition coefficient (Wildman–Crippen LogP) is 0.538. The number of aromatic nitrogens is 1. The third kappa shape index (κ3) is 3.49. The summed E-state index contributed by atoms with van der Waals surface area (Å²) in [6.45, 7) is 2.56. The number of rotatable bonds is 5. The van der Waals surface area contributed by atoms with Gasteiger partial charge >= 0.3 is 0 Å². The molecule has 0 aliphatic rings. The van der Waals surface area contributed by atoms with Gasteiger partial charge in [0, 0.05) is 50.3 Å². The summed E-state index contributed by atoms with van der Waals surface area (Å²) < 4.78 is 0. The molecule has 0 aliphatic heterocycles. The summed E-state index contributed by atoms with van der Waals surface area (Å²) in [5, 5.41) is 0. The van der Waals surface area contributed by atoms with E-state index in [-0.39, 0.29) is 0 Å². The van der Waals surface area contributed by atoms with Crippen molar-refractivity contribution in [3.63, 3.8) is 0 Å². The van der Waals surface area contributed by atoms with E-state index >= 15 is 0 Å². The van der Waals surface area contributed by atoms with Gasteiger partial charge < -0.3 is 15.5 Å². The molecule has 0 bridgehead atoms. The van der Waals surface area contributed by atoms with Gasteiger partial charge in [0.05, 0.1) is 0 Å². The van der Waals surface area contributed by atoms with Crippen molar-refractivity contribution >= 4 is 5.69 Å². The number of nitrogens with zero attached hydrogens (tertiary/aromatic N) is 3. The summed E-state index contributed by atoms with van der Waals surface area (Å²) in [7, 11) is 6.23. The van der Waals surface area contributed by atoms with E-state index in [0.717, 1.165) is 18.7 Å². The Morgan fingerprint density at radius 2 is 2.00 bits per heavy atom. The molecule has 1 rings (SSSR count). The molecule has 4 heteroatoms. The number of hydrogen-bond acceptors (Lipinski definition) is 4. The van der Waals surface area contributed by atoms with Crippen LogP contribution in [0.2, 0.25) is 0 Å². The molecule has 1 aromatic rings. The molecule has 1 heterocycles. The zero-order valence-corrected chi connectivity index (χ0v) is 9.77. The Hall–Kier alpha value is -1.13. The zero-order chi connectivity index (χ0) is 11.3. The summed E-state index contributed by atoms with van der Waals surface area (Å²) in [6.07, 6.45) is 3.64. The van der Waals surface area contributed by atoms with Crippen molar-refractivity contribution in [3.8, 4) is 0 Å². The lowest BCUT2D eigenvalue weighted by molar-refractivity contribution is 0.416. The Bertz CT molecular complexity index is 298. The van der Waals surface area contributed by atoms with Crippen molar-refractivity contribution in [1.29, 1.82) is 0 Å². The minimum absolute atomic E-state index is 0.537. The summed E-state index contributed by atoms with van der Waals surface area (Å²) in [5.41, 5.74) is 7.94. The predicted molar refractivity (Wildman–Crippen MR) is 64.0 cm³/mol. The number of pyridine rings is 1. The third-order valence-corrected chi connectivity index (χ3v) is 2.39. The fourth-order valence-corrected chi connectivity index (χ4v) is 1.42. The van der Waals surface area contributed by atoms with Gasteiger partial charge in [-0.2, -0.15) is 0 Å². The van der Waals surface area contributed by atoms with Crippen molar-refractivity contribution in [3.05, 3.63) is 24.0 Å². The number of anilines is 1. The van der Waals surface area contributed by atoms with Crippen LogP contribution in [0.3, 0.4) is 0 Å². The minimum atomic E-state index is 0.537. The van der Waals surface area contributed by atoms with E-state index in [1.54, 1.807) is 6.20 Å². The molecule has 0 fully saturated rings. The standard InChI is InChI=1S/C11H20N4/c1-14(2)6-7-15(3)11-4-5-13-9-10(11)8-12/h4-5,9H,6-8,12H2,1-3H3. The quantitative estimate of drug-likeness (QED) is 0.767. The Morgan fingerprint density at radius 1 is 1.27 bits per heavy atom. The van der Waals surface area contributed by atoms with Crippen LogP contribution in [0, 0.1) is 0 Å². The highest BCUT2D eigenvalue weighted by molar-refractivity contribution is 5.51. The van der Waals surface area contributed by atoms with Crippen LogP contribution in [0.15, 0.2) is 18.5 Å². The highest BCUT2D eigenvalue weighted by Gasteiger charge is 2.05. The Kier molecular flexibility index (Phi) is 4.52. The molecule has 0 spiro atoms. The van der Waals surface area contributed by atoms with Crippen molar-refractivity contribution in [2.75, 3.05) is 39.1 Å². The first-order valence-corrected chi connectivity index (χ1v) is 5.14. The minimum Gasteiger partial charge on any atom is -0.373 e. The third-order valence-electron chi connectivity index (χ3n) is 2.39. The summed E-state index contributed by atoms with van der Waals surface area (Å²) >= 11 is 0. The van der Waals surface area contributed by atoms with Crippen LogP contribution in [0.25, 0.3) is 0 Å². The lowest BCUT2D eigenvalue weighted by atomic mass is 10.2. The maximum Gasteiger partial charge on any atom is 0.0440 e. The van der Waals surface area contributed by atoms with E-state index in [2.05, 4.69) is 35.9 Å². The van der Waals surface area contributed by atoms with Gasteiger partial charge in [-0.1, -0.05) is 0 Å². The number of nitrogens with two attached hydrogens (primary N) is 1. The maximum absolute atomic E-state index is 5.67. The van der Waals surface area contributed by atoms with Gasteiger partial charge in [-0.25, -0.2) is 0 Å². The van der Waals surface area contributed by atoms with E-state index in [9.17, 15) is 0 Å². The fourth-order valence-electron chi connectivity index (χ4n) is 1.42. The Balaban J connectivity index is 2.68. The average Bonchev–Trinajstić information content (AvgIpc) is 2.25. The van der Waals surface area contributed by atoms with Crippen LogP contribution >= 0.6 is 0 Å². The van der Waals surface area contributed by atoms with Crippen LogP contribution in [-0.4, -0.2) is 44.1 Å². The first-order valence-electron chi connectivity index (χ1n) is 5.14.